The van der Waals surface area contributed by atoms with Crippen molar-refractivity contribution in [2.24, 2.45) is 5.73 Å². The molecule has 0 aliphatic carbocycles. The Labute approximate surface area is 91.5 Å². The fourth-order valence-electron chi connectivity index (χ4n) is 1.13. The van der Waals surface area contributed by atoms with Crippen molar-refractivity contribution < 1.29 is 17.2 Å². The van der Waals surface area contributed by atoms with Crippen LogP contribution < -0.4 is 5.73 Å². The molecule has 92 valence electrons. The fourth-order valence-corrected chi connectivity index (χ4v) is 2.47. The molecule has 0 saturated carbocycles. The van der Waals surface area contributed by atoms with Gasteiger partial charge >= 0.3 is 0 Å². The van der Waals surface area contributed by atoms with Crippen LogP contribution in [0.3, 0.4) is 0 Å². The SMILES string of the molecule is NCCN(CC(F)F)S(=O)(=O)c1ccn[nH]1. The van der Waals surface area contributed by atoms with Gasteiger partial charge in [-0.25, -0.2) is 17.2 Å². The zero-order chi connectivity index (χ0) is 12.2. The number of aromatic amines is 1. The van der Waals surface area contributed by atoms with Crippen LogP contribution in [0.25, 0.3) is 0 Å². The number of rotatable bonds is 6. The summed E-state index contributed by atoms with van der Waals surface area (Å²) in [7, 11) is -3.96. The molecule has 1 heterocycles. The van der Waals surface area contributed by atoms with E-state index in [4.69, 9.17) is 5.73 Å². The van der Waals surface area contributed by atoms with E-state index in [1.807, 2.05) is 0 Å². The Morgan fingerprint density at radius 2 is 2.25 bits per heavy atom. The van der Waals surface area contributed by atoms with Crippen LogP contribution in [0.5, 0.6) is 0 Å². The van der Waals surface area contributed by atoms with Gasteiger partial charge in [-0.15, -0.1) is 0 Å². The van der Waals surface area contributed by atoms with E-state index in [0.717, 1.165) is 0 Å². The zero-order valence-corrected chi connectivity index (χ0v) is 9.12. The first-order valence-corrected chi connectivity index (χ1v) is 5.90. The molecule has 16 heavy (non-hydrogen) atoms. The van der Waals surface area contributed by atoms with Crippen LogP contribution in [0.1, 0.15) is 0 Å². The van der Waals surface area contributed by atoms with E-state index in [2.05, 4.69) is 10.2 Å². The molecule has 1 rings (SSSR count). The normalized spacial score (nSPS) is 12.6. The Morgan fingerprint density at radius 1 is 1.56 bits per heavy atom. The lowest BCUT2D eigenvalue weighted by molar-refractivity contribution is 0.120. The number of H-pyrrole nitrogens is 1. The van der Waals surface area contributed by atoms with Gasteiger partial charge in [0.15, 0.2) is 5.03 Å². The maximum absolute atomic E-state index is 12.2. The molecule has 9 heteroatoms. The molecule has 0 bridgehead atoms. The largest absolute Gasteiger partial charge is 0.329 e. The number of nitrogens with zero attached hydrogens (tertiary/aromatic N) is 2. The van der Waals surface area contributed by atoms with Crippen molar-refractivity contribution in [1.82, 2.24) is 14.5 Å². The number of alkyl halides is 2. The standard InChI is InChI=1S/C7H12F2N4O2S/c8-6(9)5-13(4-2-10)16(14,15)7-1-3-11-12-7/h1,3,6H,2,4-5,10H2,(H,11,12). The Morgan fingerprint density at radius 3 is 2.69 bits per heavy atom. The van der Waals surface area contributed by atoms with Gasteiger partial charge in [-0.2, -0.15) is 9.40 Å². The molecule has 0 atom stereocenters. The third-order valence-electron chi connectivity index (χ3n) is 1.81. The van der Waals surface area contributed by atoms with Crippen LogP contribution in [0.2, 0.25) is 0 Å². The van der Waals surface area contributed by atoms with E-state index in [1.54, 1.807) is 0 Å². The fraction of sp³-hybridized carbons (Fsp3) is 0.571. The maximum Gasteiger partial charge on any atom is 0.260 e. The molecular formula is C7H12F2N4O2S. The summed E-state index contributed by atoms with van der Waals surface area (Å²) in [6, 6.07) is 1.20. The molecule has 1 aromatic rings. The molecule has 0 saturated heterocycles. The van der Waals surface area contributed by atoms with Gasteiger partial charge in [0, 0.05) is 13.1 Å². The Hall–Kier alpha value is -1.06. The lowest BCUT2D eigenvalue weighted by Gasteiger charge is -2.19. The molecule has 6 nitrogen and oxygen atoms in total. The number of aromatic nitrogens is 2. The van der Waals surface area contributed by atoms with Gasteiger partial charge in [0.1, 0.15) is 0 Å². The summed E-state index contributed by atoms with van der Waals surface area (Å²) in [4.78, 5) is 0. The van der Waals surface area contributed by atoms with E-state index in [0.29, 0.717) is 4.31 Å². The minimum Gasteiger partial charge on any atom is -0.329 e. The average molecular weight is 254 g/mol. The van der Waals surface area contributed by atoms with Crippen molar-refractivity contribution >= 4 is 10.0 Å². The van der Waals surface area contributed by atoms with E-state index in [1.165, 1.54) is 12.3 Å². The number of sulfonamides is 1. The summed E-state index contributed by atoms with van der Waals surface area (Å²) in [5.41, 5.74) is 5.18. The van der Waals surface area contributed by atoms with Crippen LogP contribution in [0.4, 0.5) is 8.78 Å². The van der Waals surface area contributed by atoms with Gasteiger partial charge in [0.05, 0.1) is 12.7 Å². The first-order valence-electron chi connectivity index (χ1n) is 4.46. The molecule has 1 aromatic heterocycles. The number of hydrogen-bond acceptors (Lipinski definition) is 4. The highest BCUT2D eigenvalue weighted by Crippen LogP contribution is 2.13. The quantitative estimate of drug-likeness (QED) is 0.724. The highest BCUT2D eigenvalue weighted by molar-refractivity contribution is 7.89. The van der Waals surface area contributed by atoms with Crippen molar-refractivity contribution in [3.8, 4) is 0 Å². The maximum atomic E-state index is 12.2. The highest BCUT2D eigenvalue weighted by atomic mass is 32.2. The second-order valence-corrected chi connectivity index (χ2v) is 4.87. The minimum absolute atomic E-state index is 0.0277. The number of hydrogen-bond donors (Lipinski definition) is 2. The van der Waals surface area contributed by atoms with Crippen molar-refractivity contribution in [3.05, 3.63) is 12.3 Å². The van der Waals surface area contributed by atoms with Gasteiger partial charge in [0.25, 0.3) is 16.4 Å². The first kappa shape index (κ1) is 13.0. The zero-order valence-electron chi connectivity index (χ0n) is 8.31. The average Bonchev–Trinajstić information content (AvgIpc) is 2.69. The van der Waals surface area contributed by atoms with Crippen LogP contribution in [-0.4, -0.2) is 49.0 Å². The van der Waals surface area contributed by atoms with E-state index in [-0.39, 0.29) is 18.1 Å². The molecule has 0 spiro atoms. The van der Waals surface area contributed by atoms with E-state index >= 15 is 0 Å². The molecule has 0 radical (unpaired) electrons. The first-order chi connectivity index (χ1) is 7.48. The monoisotopic (exact) mass is 254 g/mol. The van der Waals surface area contributed by atoms with Crippen molar-refractivity contribution in [3.63, 3.8) is 0 Å². The summed E-state index contributed by atoms with van der Waals surface area (Å²) >= 11 is 0. The number of nitrogens with one attached hydrogen (secondary N) is 1. The number of nitrogens with two attached hydrogens (primary N) is 1. The second-order valence-electron chi connectivity index (χ2n) is 2.96. The third kappa shape index (κ3) is 2.97. The smallest absolute Gasteiger partial charge is 0.260 e. The van der Waals surface area contributed by atoms with Gasteiger partial charge in [-0.1, -0.05) is 0 Å². The molecule has 0 unspecified atom stereocenters. The predicted octanol–water partition coefficient (Wildman–Crippen LogP) is -0.376. The molecule has 0 fully saturated rings. The van der Waals surface area contributed by atoms with Gasteiger partial charge in [-0.05, 0) is 6.07 Å². The van der Waals surface area contributed by atoms with Crippen molar-refractivity contribution in [1.29, 1.82) is 0 Å². The number of halogens is 2. The molecule has 0 aromatic carbocycles. The van der Waals surface area contributed by atoms with Crippen molar-refractivity contribution in [2.45, 2.75) is 11.5 Å². The summed E-state index contributed by atoms with van der Waals surface area (Å²) < 4.78 is 48.6. The minimum atomic E-state index is -3.96. The molecule has 0 amide bonds. The molecular weight excluding hydrogens is 242 g/mol. The summed E-state index contributed by atoms with van der Waals surface area (Å²) in [6.45, 7) is -1.07. The predicted molar refractivity (Wildman–Crippen MR) is 52.4 cm³/mol. The lowest BCUT2D eigenvalue weighted by Crippen LogP contribution is -2.38. The molecule has 0 aliphatic heterocycles. The van der Waals surface area contributed by atoms with Gasteiger partial charge < -0.3 is 5.73 Å². The van der Waals surface area contributed by atoms with Crippen LogP contribution in [0.15, 0.2) is 17.3 Å². The van der Waals surface area contributed by atoms with Gasteiger partial charge in [-0.3, -0.25) is 5.10 Å². The van der Waals surface area contributed by atoms with Gasteiger partial charge in [0.2, 0.25) is 0 Å². The Kier molecular flexibility index (Phi) is 4.33. The summed E-state index contributed by atoms with van der Waals surface area (Å²) in [5.74, 6) is 0. The topological polar surface area (TPSA) is 92.1 Å². The lowest BCUT2D eigenvalue weighted by atomic mass is 10.6. The highest BCUT2D eigenvalue weighted by Gasteiger charge is 2.27. The van der Waals surface area contributed by atoms with E-state index < -0.39 is 23.0 Å². The van der Waals surface area contributed by atoms with Crippen LogP contribution in [0, 0.1) is 0 Å². The summed E-state index contributed by atoms with van der Waals surface area (Å²) in [6.07, 6.45) is -1.51. The van der Waals surface area contributed by atoms with Crippen molar-refractivity contribution in [2.75, 3.05) is 19.6 Å². The summed E-state index contributed by atoms with van der Waals surface area (Å²) in [5, 5.41) is 5.46. The molecule has 0 aliphatic rings. The third-order valence-corrected chi connectivity index (χ3v) is 3.61. The van der Waals surface area contributed by atoms with Crippen LogP contribution in [-0.2, 0) is 10.0 Å². The molecule has 3 N–H and O–H groups in total. The Balaban J connectivity index is 2.93. The second kappa shape index (κ2) is 5.32. The van der Waals surface area contributed by atoms with E-state index in [9.17, 15) is 17.2 Å². The Bertz CT molecular complexity index is 406. The van der Waals surface area contributed by atoms with Crippen LogP contribution >= 0.6 is 0 Å².